The maximum Gasteiger partial charge on any atom is 0.248 e. The van der Waals surface area contributed by atoms with Crippen LogP contribution in [0.2, 0.25) is 0 Å². The van der Waals surface area contributed by atoms with Crippen LogP contribution >= 0.6 is 11.8 Å². The fourth-order valence-corrected chi connectivity index (χ4v) is 3.57. The van der Waals surface area contributed by atoms with Gasteiger partial charge in [-0.1, -0.05) is 38.1 Å². The number of amides is 1. The molecule has 5 nitrogen and oxygen atoms in total. The number of hydrogen-bond donors (Lipinski definition) is 2. The summed E-state index contributed by atoms with van der Waals surface area (Å²) in [6.45, 7) is 4.05. The Labute approximate surface area is 127 Å². The van der Waals surface area contributed by atoms with Gasteiger partial charge in [-0.15, -0.1) is 16.9 Å². The van der Waals surface area contributed by atoms with Crippen molar-refractivity contribution in [3.05, 3.63) is 41.2 Å². The van der Waals surface area contributed by atoms with Crippen LogP contribution in [0, 0.1) is 0 Å². The molecular weight excluding hydrogens is 284 g/mol. The maximum atomic E-state index is 12.5. The Bertz CT molecular complexity index is 653. The minimum absolute atomic E-state index is 0.0542. The van der Waals surface area contributed by atoms with Crippen LogP contribution in [-0.4, -0.2) is 26.8 Å². The summed E-state index contributed by atoms with van der Waals surface area (Å²) in [5.74, 6) is 2.30. The smallest absolute Gasteiger partial charge is 0.248 e. The molecule has 0 aliphatic carbocycles. The van der Waals surface area contributed by atoms with E-state index in [1.165, 1.54) is 5.56 Å². The van der Waals surface area contributed by atoms with Crippen LogP contribution in [0.25, 0.3) is 0 Å². The molecule has 6 heteroatoms. The Morgan fingerprint density at radius 3 is 3.00 bits per heavy atom. The number of benzene rings is 1. The Hall–Kier alpha value is -1.82. The molecule has 0 bridgehead atoms. The van der Waals surface area contributed by atoms with Gasteiger partial charge in [0.2, 0.25) is 11.9 Å². The lowest BCUT2D eigenvalue weighted by atomic mass is 10.0. The van der Waals surface area contributed by atoms with Crippen molar-refractivity contribution in [3.8, 4) is 0 Å². The van der Waals surface area contributed by atoms with E-state index < -0.39 is 0 Å². The first-order valence-corrected chi connectivity index (χ1v) is 8.12. The molecule has 0 fully saturated rings. The number of rotatable bonds is 3. The summed E-state index contributed by atoms with van der Waals surface area (Å²) in [5, 5.41) is 9.53. The Morgan fingerprint density at radius 2 is 2.24 bits per heavy atom. The number of aryl methyl sites for hydroxylation is 1. The van der Waals surface area contributed by atoms with Gasteiger partial charge in [-0.3, -0.25) is 15.2 Å². The number of carbonyl (C=O) groups excluding carboxylic acids is 1. The molecule has 2 aromatic rings. The van der Waals surface area contributed by atoms with Gasteiger partial charge in [0, 0.05) is 5.92 Å². The summed E-state index contributed by atoms with van der Waals surface area (Å²) in [6.07, 6.45) is 1.02. The number of hydrogen-bond acceptors (Lipinski definition) is 4. The van der Waals surface area contributed by atoms with E-state index in [9.17, 15) is 4.79 Å². The SMILES string of the molecule is CC(C)c1nc(NC(=O)[C@H]2SCCc3ccccc32)n[nH]1. The lowest BCUT2D eigenvalue weighted by molar-refractivity contribution is -0.115. The van der Waals surface area contributed by atoms with Crippen molar-refractivity contribution in [2.24, 2.45) is 0 Å². The predicted octanol–water partition coefficient (Wildman–Crippen LogP) is 2.90. The molecule has 1 aliphatic heterocycles. The zero-order valence-corrected chi connectivity index (χ0v) is 12.9. The van der Waals surface area contributed by atoms with E-state index in [2.05, 4.69) is 26.6 Å². The minimum Gasteiger partial charge on any atom is -0.292 e. The van der Waals surface area contributed by atoms with Gasteiger partial charge in [-0.2, -0.15) is 4.98 Å². The molecule has 0 saturated heterocycles. The van der Waals surface area contributed by atoms with E-state index in [-0.39, 0.29) is 17.1 Å². The molecule has 0 spiro atoms. The van der Waals surface area contributed by atoms with E-state index in [1.807, 2.05) is 32.0 Å². The standard InChI is InChI=1S/C15H18N4OS/c1-9(2)13-16-15(19-18-13)17-14(20)12-11-6-4-3-5-10(11)7-8-21-12/h3-6,9,12H,7-8H2,1-2H3,(H2,16,17,18,19,20)/t12-/m0/s1. The lowest BCUT2D eigenvalue weighted by Crippen LogP contribution is -2.23. The summed E-state index contributed by atoms with van der Waals surface area (Å²) < 4.78 is 0. The van der Waals surface area contributed by atoms with Crippen LogP contribution in [0.1, 0.15) is 42.0 Å². The molecule has 21 heavy (non-hydrogen) atoms. The van der Waals surface area contributed by atoms with Crippen molar-refractivity contribution in [1.29, 1.82) is 0 Å². The van der Waals surface area contributed by atoms with Crippen molar-refractivity contribution in [2.45, 2.75) is 31.4 Å². The number of thioether (sulfide) groups is 1. The first-order valence-electron chi connectivity index (χ1n) is 7.07. The van der Waals surface area contributed by atoms with Gasteiger partial charge in [0.1, 0.15) is 11.1 Å². The summed E-state index contributed by atoms with van der Waals surface area (Å²) in [6, 6.07) is 8.13. The molecule has 1 atom stereocenters. The minimum atomic E-state index is -0.184. The second kappa shape index (κ2) is 5.89. The maximum absolute atomic E-state index is 12.5. The second-order valence-corrected chi connectivity index (χ2v) is 6.60. The highest BCUT2D eigenvalue weighted by Gasteiger charge is 2.27. The van der Waals surface area contributed by atoms with Crippen LogP contribution in [0.3, 0.4) is 0 Å². The topological polar surface area (TPSA) is 70.7 Å². The van der Waals surface area contributed by atoms with Crippen molar-refractivity contribution in [3.63, 3.8) is 0 Å². The van der Waals surface area contributed by atoms with Crippen molar-refractivity contribution < 1.29 is 4.79 Å². The van der Waals surface area contributed by atoms with Crippen molar-refractivity contribution >= 4 is 23.6 Å². The average molecular weight is 302 g/mol. The van der Waals surface area contributed by atoms with E-state index in [4.69, 9.17) is 0 Å². The highest BCUT2D eigenvalue weighted by atomic mass is 32.2. The summed E-state index contributed by atoms with van der Waals surface area (Å²) >= 11 is 1.67. The first-order chi connectivity index (χ1) is 10.1. The molecule has 1 aliphatic rings. The van der Waals surface area contributed by atoms with E-state index in [1.54, 1.807) is 11.8 Å². The number of aromatic amines is 1. The normalized spacial score (nSPS) is 17.6. The number of H-pyrrole nitrogens is 1. The Kier molecular flexibility index (Phi) is 3.96. The van der Waals surface area contributed by atoms with Gasteiger partial charge in [-0.05, 0) is 23.3 Å². The van der Waals surface area contributed by atoms with E-state index in [0.717, 1.165) is 23.6 Å². The number of aromatic nitrogens is 3. The molecule has 0 radical (unpaired) electrons. The van der Waals surface area contributed by atoms with Crippen LogP contribution in [-0.2, 0) is 11.2 Å². The summed E-state index contributed by atoms with van der Waals surface area (Å²) in [7, 11) is 0. The zero-order chi connectivity index (χ0) is 14.8. The van der Waals surface area contributed by atoms with E-state index >= 15 is 0 Å². The Balaban J connectivity index is 1.77. The monoisotopic (exact) mass is 302 g/mol. The van der Waals surface area contributed by atoms with Crippen LogP contribution in [0.4, 0.5) is 5.95 Å². The van der Waals surface area contributed by atoms with Crippen LogP contribution < -0.4 is 5.32 Å². The number of nitrogens with one attached hydrogen (secondary N) is 2. The molecule has 3 rings (SSSR count). The molecule has 1 aromatic carbocycles. The third-order valence-electron chi connectivity index (χ3n) is 3.52. The second-order valence-electron chi connectivity index (χ2n) is 5.39. The molecule has 1 amide bonds. The van der Waals surface area contributed by atoms with Gasteiger partial charge in [0.05, 0.1) is 0 Å². The number of anilines is 1. The van der Waals surface area contributed by atoms with Gasteiger partial charge in [-0.25, -0.2) is 0 Å². The number of fused-ring (bicyclic) bond motifs is 1. The largest absolute Gasteiger partial charge is 0.292 e. The van der Waals surface area contributed by atoms with Crippen LogP contribution in [0.5, 0.6) is 0 Å². The molecule has 0 saturated carbocycles. The molecule has 2 N–H and O–H groups in total. The average Bonchev–Trinajstić information content (AvgIpc) is 2.95. The summed E-state index contributed by atoms with van der Waals surface area (Å²) in [5.41, 5.74) is 2.36. The molecule has 2 heterocycles. The third-order valence-corrected chi connectivity index (χ3v) is 4.76. The molecule has 110 valence electrons. The number of carbonyl (C=O) groups is 1. The van der Waals surface area contributed by atoms with Gasteiger partial charge < -0.3 is 0 Å². The highest BCUT2D eigenvalue weighted by Crippen LogP contribution is 2.37. The predicted molar refractivity (Wildman–Crippen MR) is 84.4 cm³/mol. The molecule has 0 unspecified atom stereocenters. The number of nitrogens with zero attached hydrogens (tertiary/aromatic N) is 2. The van der Waals surface area contributed by atoms with Gasteiger partial charge in [0.25, 0.3) is 0 Å². The quantitative estimate of drug-likeness (QED) is 0.914. The van der Waals surface area contributed by atoms with Crippen molar-refractivity contribution in [1.82, 2.24) is 15.2 Å². The van der Waals surface area contributed by atoms with Crippen LogP contribution in [0.15, 0.2) is 24.3 Å². The lowest BCUT2D eigenvalue weighted by Gasteiger charge is -2.23. The zero-order valence-electron chi connectivity index (χ0n) is 12.1. The fraction of sp³-hybridized carbons (Fsp3) is 0.400. The molecule has 1 aromatic heterocycles. The molecular formula is C15H18N4OS. The Morgan fingerprint density at radius 1 is 1.43 bits per heavy atom. The first kappa shape index (κ1) is 14.1. The van der Waals surface area contributed by atoms with E-state index in [0.29, 0.717) is 5.95 Å². The van der Waals surface area contributed by atoms with Gasteiger partial charge >= 0.3 is 0 Å². The fourth-order valence-electron chi connectivity index (χ4n) is 2.38. The summed E-state index contributed by atoms with van der Waals surface area (Å²) in [4.78, 5) is 16.8. The third kappa shape index (κ3) is 2.95. The highest BCUT2D eigenvalue weighted by molar-refractivity contribution is 8.00. The van der Waals surface area contributed by atoms with Gasteiger partial charge in [0.15, 0.2) is 0 Å². The van der Waals surface area contributed by atoms with Crippen molar-refractivity contribution in [2.75, 3.05) is 11.1 Å².